The van der Waals surface area contributed by atoms with Crippen molar-refractivity contribution >= 4 is 33.4 Å². The average Bonchev–Trinajstić information content (AvgIpc) is 2.80. The maximum atomic E-state index is 11.9. The molecule has 0 aliphatic heterocycles. The van der Waals surface area contributed by atoms with E-state index >= 15 is 0 Å². The zero-order valence-electron chi connectivity index (χ0n) is 14.0. The van der Waals surface area contributed by atoms with E-state index in [1.165, 1.54) is 0 Å². The van der Waals surface area contributed by atoms with Gasteiger partial charge in [0.2, 0.25) is 0 Å². The third kappa shape index (κ3) is 5.24. The summed E-state index contributed by atoms with van der Waals surface area (Å²) in [5.41, 5.74) is 3.01. The molecule has 0 saturated carbocycles. The van der Waals surface area contributed by atoms with E-state index in [2.05, 4.69) is 26.3 Å². The minimum absolute atomic E-state index is 0.0535. The Balaban J connectivity index is 1.73. The molecule has 24 heavy (non-hydrogen) atoms. The van der Waals surface area contributed by atoms with Gasteiger partial charge in [-0.25, -0.2) is 0 Å². The number of carbonyl (C=O) groups excluding carboxylic acids is 1. The molecule has 0 unspecified atom stereocenters. The van der Waals surface area contributed by atoms with Crippen LogP contribution in [-0.2, 0) is 11.3 Å². The Bertz CT molecular complexity index is 708. The van der Waals surface area contributed by atoms with Crippen LogP contribution >= 0.6 is 27.5 Å². The fourth-order valence-corrected chi connectivity index (χ4v) is 3.44. The number of ether oxygens (including phenoxy) is 1. The van der Waals surface area contributed by atoms with Crippen LogP contribution in [0.3, 0.4) is 0 Å². The summed E-state index contributed by atoms with van der Waals surface area (Å²) in [6, 6.07) is 5.68. The number of hydrogen-bond donors (Lipinski definition) is 1. The molecule has 2 rings (SSSR count). The fraction of sp³-hybridized carbons (Fsp3) is 0.412. The molecule has 0 radical (unpaired) electrons. The highest BCUT2D eigenvalue weighted by atomic mass is 79.9. The van der Waals surface area contributed by atoms with E-state index in [4.69, 9.17) is 16.3 Å². The van der Waals surface area contributed by atoms with Crippen molar-refractivity contribution in [2.45, 2.75) is 33.7 Å². The molecule has 0 aliphatic carbocycles. The Labute approximate surface area is 155 Å². The molecule has 1 aromatic heterocycles. The number of benzene rings is 1. The number of aromatic nitrogens is 2. The van der Waals surface area contributed by atoms with Gasteiger partial charge in [-0.2, -0.15) is 5.10 Å². The van der Waals surface area contributed by atoms with Gasteiger partial charge in [0.1, 0.15) is 5.75 Å². The SMILES string of the molecule is Cc1cc(C)n(CCCNC(=O)COc2c(C)cc(Br)cc2Cl)n1. The van der Waals surface area contributed by atoms with E-state index in [0.29, 0.717) is 17.3 Å². The molecule has 1 N–H and O–H groups in total. The van der Waals surface area contributed by atoms with Gasteiger partial charge in [-0.05, 0) is 51.0 Å². The van der Waals surface area contributed by atoms with Crippen LogP contribution in [0.15, 0.2) is 22.7 Å². The maximum Gasteiger partial charge on any atom is 0.257 e. The second-order valence-corrected chi connectivity index (χ2v) is 7.00. The molecular weight excluding hydrogens is 394 g/mol. The quantitative estimate of drug-likeness (QED) is 0.701. The van der Waals surface area contributed by atoms with Gasteiger partial charge in [0, 0.05) is 23.3 Å². The molecular formula is C17H21BrClN3O2. The smallest absolute Gasteiger partial charge is 0.257 e. The first-order valence-corrected chi connectivity index (χ1v) is 8.90. The second-order valence-electron chi connectivity index (χ2n) is 5.68. The van der Waals surface area contributed by atoms with Crippen molar-refractivity contribution in [2.24, 2.45) is 0 Å². The van der Waals surface area contributed by atoms with Crippen molar-refractivity contribution in [2.75, 3.05) is 13.2 Å². The van der Waals surface area contributed by atoms with Gasteiger partial charge in [-0.1, -0.05) is 27.5 Å². The van der Waals surface area contributed by atoms with Crippen molar-refractivity contribution in [3.63, 3.8) is 0 Å². The van der Waals surface area contributed by atoms with Gasteiger partial charge in [0.05, 0.1) is 10.7 Å². The molecule has 5 nitrogen and oxygen atoms in total. The lowest BCUT2D eigenvalue weighted by atomic mass is 10.2. The summed E-state index contributed by atoms with van der Waals surface area (Å²) in [5, 5.41) is 7.72. The average molecular weight is 415 g/mol. The normalized spacial score (nSPS) is 10.7. The monoisotopic (exact) mass is 413 g/mol. The lowest BCUT2D eigenvalue weighted by molar-refractivity contribution is -0.123. The van der Waals surface area contributed by atoms with Gasteiger partial charge in [-0.15, -0.1) is 0 Å². The van der Waals surface area contributed by atoms with Crippen LogP contribution in [0.1, 0.15) is 23.4 Å². The van der Waals surface area contributed by atoms with Crippen molar-refractivity contribution in [3.05, 3.63) is 44.6 Å². The van der Waals surface area contributed by atoms with Crippen molar-refractivity contribution in [1.29, 1.82) is 0 Å². The molecule has 1 amide bonds. The summed E-state index contributed by atoms with van der Waals surface area (Å²) in [4.78, 5) is 11.9. The van der Waals surface area contributed by atoms with Crippen molar-refractivity contribution in [3.8, 4) is 5.75 Å². The Morgan fingerprint density at radius 1 is 1.33 bits per heavy atom. The van der Waals surface area contributed by atoms with Gasteiger partial charge in [0.25, 0.3) is 5.91 Å². The molecule has 2 aromatic rings. The Morgan fingerprint density at radius 3 is 2.71 bits per heavy atom. The zero-order chi connectivity index (χ0) is 17.7. The molecule has 130 valence electrons. The first-order chi connectivity index (χ1) is 11.4. The molecule has 0 fully saturated rings. The number of carbonyl (C=O) groups is 1. The number of halogens is 2. The Morgan fingerprint density at radius 2 is 2.08 bits per heavy atom. The Kier molecular flexibility index (Phi) is 6.69. The van der Waals surface area contributed by atoms with E-state index in [-0.39, 0.29) is 12.5 Å². The van der Waals surface area contributed by atoms with Gasteiger partial charge in [0.15, 0.2) is 6.61 Å². The van der Waals surface area contributed by atoms with Crippen LogP contribution in [-0.4, -0.2) is 28.8 Å². The number of amides is 1. The topological polar surface area (TPSA) is 56.2 Å². The third-order valence-corrected chi connectivity index (χ3v) is 4.25. The Hall–Kier alpha value is -1.53. The highest BCUT2D eigenvalue weighted by Crippen LogP contribution is 2.31. The molecule has 0 spiro atoms. The van der Waals surface area contributed by atoms with Crippen molar-refractivity contribution < 1.29 is 9.53 Å². The summed E-state index contributed by atoms with van der Waals surface area (Å²) in [5.74, 6) is 0.374. The maximum absolute atomic E-state index is 11.9. The number of nitrogens with zero attached hydrogens (tertiary/aromatic N) is 2. The van der Waals surface area contributed by atoms with Gasteiger partial charge >= 0.3 is 0 Å². The fourth-order valence-electron chi connectivity index (χ4n) is 2.42. The molecule has 0 aliphatic rings. The summed E-state index contributed by atoms with van der Waals surface area (Å²) in [7, 11) is 0. The van der Waals surface area contributed by atoms with Crippen LogP contribution in [0, 0.1) is 20.8 Å². The standard InChI is InChI=1S/C17H21BrClN3O2/c1-11-7-14(18)9-15(19)17(11)24-10-16(23)20-5-4-6-22-13(3)8-12(2)21-22/h7-9H,4-6,10H2,1-3H3,(H,20,23). The van der Waals surface area contributed by atoms with E-state index in [1.54, 1.807) is 6.07 Å². The number of rotatable bonds is 7. The highest BCUT2D eigenvalue weighted by molar-refractivity contribution is 9.10. The number of aryl methyl sites for hydroxylation is 4. The minimum Gasteiger partial charge on any atom is -0.482 e. The van der Waals surface area contributed by atoms with Crippen LogP contribution in [0.5, 0.6) is 5.75 Å². The summed E-state index contributed by atoms with van der Waals surface area (Å²) in [6.45, 7) is 7.18. The third-order valence-electron chi connectivity index (χ3n) is 3.51. The van der Waals surface area contributed by atoms with Gasteiger partial charge in [-0.3, -0.25) is 9.48 Å². The molecule has 7 heteroatoms. The lowest BCUT2D eigenvalue weighted by Gasteiger charge is -2.12. The largest absolute Gasteiger partial charge is 0.482 e. The summed E-state index contributed by atoms with van der Waals surface area (Å²) in [6.07, 6.45) is 0.811. The predicted octanol–water partition coefficient (Wildman–Crippen LogP) is 3.81. The van der Waals surface area contributed by atoms with E-state index in [1.807, 2.05) is 37.6 Å². The number of nitrogens with one attached hydrogen (secondary N) is 1. The number of hydrogen-bond acceptors (Lipinski definition) is 3. The lowest BCUT2D eigenvalue weighted by Crippen LogP contribution is -2.30. The van der Waals surface area contributed by atoms with Crippen LogP contribution < -0.4 is 10.1 Å². The van der Waals surface area contributed by atoms with E-state index in [0.717, 1.165) is 34.4 Å². The van der Waals surface area contributed by atoms with Crippen LogP contribution in [0.25, 0.3) is 0 Å². The molecule has 1 aromatic carbocycles. The summed E-state index contributed by atoms with van der Waals surface area (Å²) < 4.78 is 8.37. The first-order valence-electron chi connectivity index (χ1n) is 7.73. The van der Waals surface area contributed by atoms with Crippen molar-refractivity contribution in [1.82, 2.24) is 15.1 Å². The highest BCUT2D eigenvalue weighted by Gasteiger charge is 2.10. The van der Waals surface area contributed by atoms with Gasteiger partial charge < -0.3 is 10.1 Å². The zero-order valence-corrected chi connectivity index (χ0v) is 16.4. The molecule has 0 bridgehead atoms. The molecule has 1 heterocycles. The minimum atomic E-state index is -0.165. The second kappa shape index (κ2) is 8.53. The van der Waals surface area contributed by atoms with Crippen LogP contribution in [0.2, 0.25) is 5.02 Å². The van der Waals surface area contributed by atoms with E-state index in [9.17, 15) is 4.79 Å². The predicted molar refractivity (Wildman–Crippen MR) is 98.7 cm³/mol. The molecule has 0 saturated heterocycles. The van der Waals surface area contributed by atoms with E-state index < -0.39 is 0 Å². The first kappa shape index (κ1) is 18.8. The molecule has 0 atom stereocenters. The summed E-state index contributed by atoms with van der Waals surface area (Å²) >= 11 is 9.50. The van der Waals surface area contributed by atoms with Crippen LogP contribution in [0.4, 0.5) is 0 Å².